The monoisotopic (exact) mass is 821 g/mol. The first-order valence-electron chi connectivity index (χ1n) is 18.3. The van der Waals surface area contributed by atoms with Crippen LogP contribution >= 0.6 is 11.6 Å². The number of halogens is 1. The number of ether oxygens (including phenoxy) is 2. The molecule has 57 heavy (non-hydrogen) atoms. The zero-order chi connectivity index (χ0) is 41.9. The van der Waals surface area contributed by atoms with Crippen molar-refractivity contribution in [3.8, 4) is 12.1 Å². The fraction of sp³-hybridized carbons (Fsp3) is 0.436. The highest BCUT2D eigenvalue weighted by atomic mass is 35.5. The fourth-order valence-electron chi connectivity index (χ4n) is 6.43. The largest absolute Gasteiger partial charge is 0.481 e. The molecular formula is C39H44ClN7O9S. The number of piperidine rings is 2. The molecule has 0 unspecified atom stereocenters. The molecule has 2 aromatic heterocycles. The van der Waals surface area contributed by atoms with Crippen molar-refractivity contribution < 1.29 is 42.2 Å². The number of carbonyl (C=O) groups excluding carboxylic acids is 3. The van der Waals surface area contributed by atoms with Crippen LogP contribution in [-0.2, 0) is 34.8 Å². The van der Waals surface area contributed by atoms with Crippen LogP contribution in [0.3, 0.4) is 0 Å². The van der Waals surface area contributed by atoms with E-state index in [0.717, 1.165) is 0 Å². The second-order valence-electron chi connectivity index (χ2n) is 13.4. The number of aliphatic carboxylic acids is 1. The molecular weight excluding hydrogens is 778 g/mol. The summed E-state index contributed by atoms with van der Waals surface area (Å²) in [7, 11) is -3.85. The average molecular weight is 822 g/mol. The molecule has 2 fully saturated rings. The van der Waals surface area contributed by atoms with Crippen molar-refractivity contribution in [2.75, 3.05) is 49.2 Å². The van der Waals surface area contributed by atoms with Crippen molar-refractivity contribution in [2.24, 2.45) is 11.8 Å². The number of hydrogen-bond acceptors (Lipinski definition) is 14. The Morgan fingerprint density at radius 2 is 1.23 bits per heavy atom. The van der Waals surface area contributed by atoms with Crippen molar-refractivity contribution in [1.29, 1.82) is 10.5 Å². The van der Waals surface area contributed by atoms with Gasteiger partial charge in [0.2, 0.25) is 15.9 Å². The average Bonchev–Trinajstić information content (AvgIpc) is 3.18. The van der Waals surface area contributed by atoms with Crippen molar-refractivity contribution >= 4 is 57.1 Å². The highest BCUT2D eigenvalue weighted by Crippen LogP contribution is 2.28. The van der Waals surface area contributed by atoms with E-state index in [0.29, 0.717) is 91.0 Å². The number of aromatic nitrogens is 2. The predicted molar refractivity (Wildman–Crippen MR) is 209 cm³/mol. The maximum Gasteiger partial charge on any atom is 0.340 e. The molecule has 18 heteroatoms. The van der Waals surface area contributed by atoms with E-state index in [1.165, 1.54) is 12.1 Å². The molecule has 1 amide bonds. The number of hydrogen-bond donors (Lipinski definition) is 2. The summed E-state index contributed by atoms with van der Waals surface area (Å²) in [6.07, 6.45) is 1.82. The standard InChI is InChI=1S/C23H25ClN4O5S.C16H19N3O4/c1-3-33-23(30)20-12-18(13-25)21(26-15(20)2)28-10-8-17(9-11-28)22(29)27-34(31,32)14-16-4-6-19(24)7-5-16;1-3-23-16(22)13-8-12(9-17)14(18-10(13)2)19-6-4-11(5-7-19)15(20)21/h4-7,12,17H,3,8-11,14H2,1-2H3,(H,27,29);8,11H,3-7H2,1-2H3,(H,20,21). The van der Waals surface area contributed by atoms with Crippen LogP contribution in [0.1, 0.15) is 88.3 Å². The molecule has 302 valence electrons. The van der Waals surface area contributed by atoms with E-state index in [1.807, 2.05) is 9.80 Å². The minimum absolute atomic E-state index is 0.215. The molecule has 0 atom stereocenters. The third-order valence-electron chi connectivity index (χ3n) is 9.45. The molecule has 3 aromatic rings. The van der Waals surface area contributed by atoms with Crippen LogP contribution in [0, 0.1) is 48.3 Å². The van der Waals surface area contributed by atoms with Gasteiger partial charge in [-0.3, -0.25) is 14.3 Å². The van der Waals surface area contributed by atoms with E-state index in [-0.39, 0.29) is 41.6 Å². The number of carboxylic acid groups (broad SMARTS) is 1. The number of carboxylic acids is 1. The van der Waals surface area contributed by atoms with Crippen LogP contribution in [0.4, 0.5) is 11.6 Å². The highest BCUT2D eigenvalue weighted by Gasteiger charge is 2.31. The summed E-state index contributed by atoms with van der Waals surface area (Å²) < 4.78 is 37.0. The van der Waals surface area contributed by atoms with Gasteiger partial charge in [0.1, 0.15) is 23.8 Å². The molecule has 1 aromatic carbocycles. The number of rotatable bonds is 11. The lowest BCUT2D eigenvalue weighted by Gasteiger charge is -2.32. The van der Waals surface area contributed by atoms with Crippen LogP contribution in [-0.4, -0.2) is 86.7 Å². The van der Waals surface area contributed by atoms with Gasteiger partial charge < -0.3 is 24.4 Å². The number of amides is 1. The number of nitrogens with zero attached hydrogens (tertiary/aromatic N) is 6. The summed E-state index contributed by atoms with van der Waals surface area (Å²) in [5.74, 6) is -2.59. The minimum Gasteiger partial charge on any atom is -0.481 e. The van der Waals surface area contributed by atoms with E-state index in [9.17, 15) is 38.1 Å². The normalized spacial score (nSPS) is 14.6. The molecule has 0 saturated carbocycles. The van der Waals surface area contributed by atoms with Gasteiger partial charge in [0.15, 0.2) is 0 Å². The Bertz CT molecular complexity index is 2170. The SMILES string of the molecule is CCOC(=O)c1cc(C#N)c(N2CCC(C(=O)NS(=O)(=O)Cc3ccc(Cl)cc3)CC2)nc1C.CCOC(=O)c1cc(C#N)c(N2CCC(C(=O)O)CC2)nc1C. The molecule has 0 bridgehead atoms. The first-order valence-corrected chi connectivity index (χ1v) is 20.3. The van der Waals surface area contributed by atoms with E-state index in [1.54, 1.807) is 52.0 Å². The third-order valence-corrected chi connectivity index (χ3v) is 10.9. The van der Waals surface area contributed by atoms with E-state index >= 15 is 0 Å². The molecule has 16 nitrogen and oxygen atoms in total. The Morgan fingerprint density at radius 1 is 0.807 bits per heavy atom. The lowest BCUT2D eigenvalue weighted by atomic mass is 9.96. The zero-order valence-electron chi connectivity index (χ0n) is 32.1. The number of carbonyl (C=O) groups is 4. The van der Waals surface area contributed by atoms with Crippen LogP contribution in [0.5, 0.6) is 0 Å². The maximum atomic E-state index is 12.6. The van der Waals surface area contributed by atoms with Crippen molar-refractivity contribution in [2.45, 2.75) is 59.1 Å². The van der Waals surface area contributed by atoms with Crippen LogP contribution in [0.25, 0.3) is 0 Å². The van der Waals surface area contributed by atoms with Gasteiger partial charge in [-0.25, -0.2) is 28.0 Å². The molecule has 0 radical (unpaired) electrons. The Kier molecular flexibility index (Phi) is 15.3. The number of nitrogens with one attached hydrogen (secondary N) is 1. The maximum absolute atomic E-state index is 12.6. The number of anilines is 2. The summed E-state index contributed by atoms with van der Waals surface area (Å²) in [5.41, 5.74) is 2.53. The van der Waals surface area contributed by atoms with Gasteiger partial charge >= 0.3 is 17.9 Å². The number of pyridine rings is 2. The topological polar surface area (TPSA) is 233 Å². The molecule has 2 saturated heterocycles. The van der Waals surface area contributed by atoms with E-state index in [4.69, 9.17) is 26.2 Å². The van der Waals surface area contributed by atoms with Crippen molar-refractivity contribution in [3.63, 3.8) is 0 Å². The van der Waals surface area contributed by atoms with E-state index in [2.05, 4.69) is 26.8 Å². The second-order valence-corrected chi connectivity index (χ2v) is 15.5. The molecule has 4 heterocycles. The van der Waals surface area contributed by atoms with Gasteiger partial charge in [0.25, 0.3) is 0 Å². The molecule has 5 rings (SSSR count). The summed E-state index contributed by atoms with van der Waals surface area (Å²) in [6, 6.07) is 13.5. The third kappa shape index (κ3) is 11.6. The second kappa shape index (κ2) is 19.9. The number of esters is 2. The van der Waals surface area contributed by atoms with Crippen LogP contribution in [0.2, 0.25) is 5.02 Å². The molecule has 0 spiro atoms. The number of nitriles is 2. The van der Waals surface area contributed by atoms with Crippen LogP contribution in [0.15, 0.2) is 36.4 Å². The number of sulfonamides is 1. The van der Waals surface area contributed by atoms with Gasteiger partial charge in [-0.05, 0) is 83.2 Å². The fourth-order valence-corrected chi connectivity index (χ4v) is 7.73. The van der Waals surface area contributed by atoms with Gasteiger partial charge in [-0.2, -0.15) is 10.5 Å². The summed E-state index contributed by atoms with van der Waals surface area (Å²) in [5, 5.41) is 28.5. The smallest absolute Gasteiger partial charge is 0.340 e. The van der Waals surface area contributed by atoms with E-state index < -0.39 is 39.8 Å². The Morgan fingerprint density at radius 3 is 1.61 bits per heavy atom. The predicted octanol–water partition coefficient (Wildman–Crippen LogP) is 4.69. The Labute approximate surface area is 336 Å². The summed E-state index contributed by atoms with van der Waals surface area (Å²) in [6.45, 7) is 9.12. The van der Waals surface area contributed by atoms with Crippen molar-refractivity contribution in [1.82, 2.24) is 14.7 Å². The zero-order valence-corrected chi connectivity index (χ0v) is 33.7. The van der Waals surface area contributed by atoms with Crippen molar-refractivity contribution in [3.05, 3.63) is 80.6 Å². The molecule has 2 aliphatic rings. The molecule has 0 aliphatic carbocycles. The lowest BCUT2D eigenvalue weighted by molar-refractivity contribution is -0.142. The first-order chi connectivity index (χ1) is 27.1. The summed E-state index contributed by atoms with van der Waals surface area (Å²) >= 11 is 5.82. The number of aryl methyl sites for hydroxylation is 2. The highest BCUT2D eigenvalue weighted by molar-refractivity contribution is 7.89. The first kappa shape index (κ1) is 43.9. The van der Waals surface area contributed by atoms with Gasteiger partial charge in [-0.15, -0.1) is 0 Å². The number of benzene rings is 1. The Balaban J connectivity index is 0.000000273. The quantitative estimate of drug-likeness (QED) is 0.250. The summed E-state index contributed by atoms with van der Waals surface area (Å²) in [4.78, 5) is 60.2. The van der Waals surface area contributed by atoms with Gasteiger partial charge in [-0.1, -0.05) is 23.7 Å². The van der Waals surface area contributed by atoms with Gasteiger partial charge in [0.05, 0.1) is 58.5 Å². The Hall–Kier alpha value is -5.78. The van der Waals surface area contributed by atoms with Crippen LogP contribution < -0.4 is 14.5 Å². The lowest BCUT2D eigenvalue weighted by Crippen LogP contribution is -2.43. The minimum atomic E-state index is -3.85. The van der Waals surface area contributed by atoms with Gasteiger partial charge in [0, 0.05) is 37.1 Å². The molecule has 2 aliphatic heterocycles. The molecule has 2 N–H and O–H groups in total.